The normalized spacial score (nSPS) is 19.3. The van der Waals surface area contributed by atoms with Gasteiger partial charge in [0.15, 0.2) is 49.4 Å². The zero-order valence-corrected chi connectivity index (χ0v) is 86.6. The number of carboxylic acid groups (broad SMARTS) is 1. The molecule has 2 aromatic carbocycles. The van der Waals surface area contributed by atoms with Crippen LogP contribution in [0.1, 0.15) is 260 Å². The summed E-state index contributed by atoms with van der Waals surface area (Å²) < 4.78 is 26.9. The van der Waals surface area contributed by atoms with Gasteiger partial charge < -0.3 is 102 Å². The smallest absolute Gasteiger partial charge is 0.373 e. The number of ether oxygens (including phenoxy) is 4. The number of hydrogen-bond donors (Lipinski definition) is 14. The Labute approximate surface area is 876 Å². The van der Waals surface area contributed by atoms with Crippen LogP contribution in [-0.2, 0) is 103 Å². The second-order valence-corrected chi connectivity index (χ2v) is 39.7. The molecule has 2 saturated carbocycles. The van der Waals surface area contributed by atoms with E-state index in [-0.39, 0.29) is 164 Å². The molecule has 16 N–H and O–H groups in total. The lowest BCUT2D eigenvalue weighted by atomic mass is 9.86. The highest BCUT2D eigenvalue weighted by Crippen LogP contribution is 2.41. The van der Waals surface area contributed by atoms with Crippen LogP contribution in [0.15, 0.2) is 83.3 Å². The summed E-state index contributed by atoms with van der Waals surface area (Å²) in [7, 11) is 3.69. The van der Waals surface area contributed by atoms with Crippen LogP contribution in [0.4, 0.5) is 11.4 Å². The number of imide groups is 1. The topological polar surface area (TPSA) is 636 Å². The second kappa shape index (κ2) is 70.8. The van der Waals surface area contributed by atoms with Gasteiger partial charge in [-0.15, -0.1) is 0 Å². The van der Waals surface area contributed by atoms with Gasteiger partial charge in [0.1, 0.15) is 54.2 Å². The van der Waals surface area contributed by atoms with Crippen molar-refractivity contribution in [3.63, 3.8) is 0 Å². The van der Waals surface area contributed by atoms with Gasteiger partial charge in [-0.3, -0.25) is 52.8 Å². The van der Waals surface area contributed by atoms with Crippen LogP contribution >= 0.6 is 23.5 Å². The molecule has 5 heterocycles. The highest BCUT2D eigenvalue weighted by Gasteiger charge is 2.46. The number of likely N-dealkylation sites (tertiary alicyclic amines) is 1. The van der Waals surface area contributed by atoms with Crippen molar-refractivity contribution >= 4 is 118 Å². The fraction of sp³-hybridized carbons (Fsp3) is 0.638. The molecule has 3 saturated heterocycles. The maximum Gasteiger partial charge on any atom is 0.373 e. The van der Waals surface area contributed by atoms with Gasteiger partial charge in [0.05, 0.1) is 55.5 Å². The Morgan fingerprint density at radius 2 is 0.899 bits per heavy atom. The van der Waals surface area contributed by atoms with Gasteiger partial charge >= 0.3 is 18.3 Å². The van der Waals surface area contributed by atoms with Gasteiger partial charge in [-0.25, -0.2) is 9.13 Å². The number of anilines is 2. The van der Waals surface area contributed by atoms with Crippen LogP contribution in [0.5, 0.6) is 11.5 Å². The SMILES string of the molecule is C.C.CSC.CSC1CC(=O)N(C(CN)C(=O)CCCC(=O)Nc2cc(C[n+]3ccc(CC(CCCCCCCCC(=O)N(C)CC4(CO)CCCC4)=NC#N)cc3)cc(C)c2OC2OCC(O)[C@H](O)[C@@H]2O)C1=O.Cc1cc(C[n+]2ccc(CC(CCCCCCCCC(=O)N(C)CC3(CO)CCCC3)=NC#N)cc2)cc(NC(=O)CCCC(=O)C(CN)NC(=O)CCC(=O)O)c1OC1OCC(O)[C@H](O)[C@@H]1O.O=C=O.O=C=O. The molecule has 5 aliphatic rings. The number of rotatable bonds is 56. The lowest BCUT2D eigenvalue weighted by Gasteiger charge is -2.35. The number of carbonyl (C=O) groups excluding carboxylic acids is 13. The molecule has 2 aromatic heterocycles. The molecule has 0 bridgehead atoms. The maximum atomic E-state index is 13.4. The first-order valence-corrected chi connectivity index (χ1v) is 52.7. The van der Waals surface area contributed by atoms with Crippen molar-refractivity contribution in [3.05, 3.63) is 107 Å². The van der Waals surface area contributed by atoms with Crippen molar-refractivity contribution in [1.82, 2.24) is 20.0 Å². The van der Waals surface area contributed by atoms with Crippen molar-refractivity contribution in [2.45, 2.75) is 333 Å². The Balaban J connectivity index is 0.000000695. The largest absolute Gasteiger partial charge is 0.481 e. The first-order chi connectivity index (χ1) is 69.9. The molecule has 9 rings (SSSR count). The number of Topliss-reactive ketones (excluding diaryl/α,β-unsaturated/α-hetero) is 2. The number of aliphatic carboxylic acids is 1. The standard InChI is InChI=1S/C50H71N7O11S.C49H71N7O12.C2H6S.2CO2.2CH4/c1-33-23-35(28-56-21-17-34(18-22-56)24-36(53-32-52)13-8-6-4-5-7-9-16-43(62)55(2)30-50(31-58)19-10-11-20-50)25-37(47(33)68-49-46(65)45(64)40(60)29-67-49)54-42(61)15-12-14-39(59)38(27-51)57-44(63)26-41(69-3)48(57)66;1-33-24-35(26-37(47(33)68-48-46(66)45(65)40(59)29-67-48)53-41(60)14-11-13-39(58)38(27-50)54-42(61)16-17-44(63)64)28-56-22-18-34(19-23-56)25-36(52-32-51)12-7-5-3-4-6-8-15-43(62)55(2)30-49(31-57)20-9-10-21-49;1-3-2;2*2-1-3;;/h17-18,21-23,25,38,40-41,45-46,49,58,60,64-65H,4-16,19-20,24,26-31,51H2,1-3H3;18-19,22-24,26,38,40,45-46,48,57,59,65-66H,3-17,20-21,25,27-31,50H2,1-2H3,(H2-,53,54,60,61,63,64);1-2H3;;;2*1H4/p+2/t38?,40?,41?,45-,46-,49?;38?,40?,45-,46-,48?;;;;;/m00...../s1. The average Bonchev–Trinajstić information content (AvgIpc) is 1.68. The predicted molar refractivity (Wildman–Crippen MR) is 552 cm³/mol. The third kappa shape index (κ3) is 45.0. The van der Waals surface area contributed by atoms with E-state index in [1.807, 2.05) is 109 Å². The third-order valence-electron chi connectivity index (χ3n) is 26.2. The van der Waals surface area contributed by atoms with E-state index in [1.165, 1.54) is 11.8 Å². The lowest BCUT2D eigenvalue weighted by molar-refractivity contribution is -0.688. The Kier molecular flexibility index (Phi) is 62.7. The molecule has 5 fully saturated rings. The number of carbonyl (C=O) groups is 10. The first-order valence-electron chi connectivity index (χ1n) is 49.7. The molecule has 0 spiro atoms. The number of aliphatic hydroxyl groups excluding tert-OH is 8. The van der Waals surface area contributed by atoms with Crippen LogP contribution < -0.4 is 46.0 Å². The van der Waals surface area contributed by atoms with E-state index < -0.39 is 120 Å². The predicted octanol–water partition coefficient (Wildman–Crippen LogP) is 7.06. The molecule has 2 aliphatic carbocycles. The molecule has 7 amide bonds. The number of unbranched alkanes of at least 4 members (excludes halogenated alkanes) is 10. The molecule has 148 heavy (non-hydrogen) atoms. The number of aliphatic imine (C=N–C) groups is 2. The molecule has 43 heteroatoms. The van der Waals surface area contributed by atoms with Gasteiger partial charge in [-0.2, -0.15) is 63.2 Å². The summed E-state index contributed by atoms with van der Waals surface area (Å²) in [5.41, 5.74) is 18.0. The fourth-order valence-corrected chi connectivity index (χ4v) is 18.9. The second-order valence-electron chi connectivity index (χ2n) is 37.8. The quantitative estimate of drug-likeness (QED) is 0.00691. The molecule has 11 atom stereocenters. The number of thioether (sulfide) groups is 2. The van der Waals surface area contributed by atoms with Gasteiger partial charge in [0, 0.05) is 162 Å². The molecule has 7 unspecified atom stereocenters. The molecular formula is C105H158N14O27S2+2. The number of benzene rings is 2. The molecule has 4 aromatic rings. The van der Waals surface area contributed by atoms with E-state index >= 15 is 0 Å². The monoisotopic (exact) mass is 2110 g/mol. The highest BCUT2D eigenvalue weighted by atomic mass is 32.2. The molecule has 3 aliphatic heterocycles. The van der Waals surface area contributed by atoms with Crippen molar-refractivity contribution in [3.8, 4) is 23.9 Å². The summed E-state index contributed by atoms with van der Waals surface area (Å²) >= 11 is 2.99. The Bertz CT molecular complexity index is 5030. The number of amides is 7. The van der Waals surface area contributed by atoms with Crippen LogP contribution in [0, 0.1) is 47.6 Å². The zero-order chi connectivity index (χ0) is 108. The molecule has 820 valence electrons. The summed E-state index contributed by atoms with van der Waals surface area (Å²) in [5, 5.41) is 117. The molecular weight excluding hydrogens is 1950 g/mol. The van der Waals surface area contributed by atoms with E-state index in [9.17, 15) is 99.3 Å². The summed E-state index contributed by atoms with van der Waals surface area (Å²) in [6.07, 6.45) is 28.7. The number of aryl methyl sites for hydroxylation is 2. The van der Waals surface area contributed by atoms with E-state index in [0.717, 1.165) is 167 Å². The van der Waals surface area contributed by atoms with Crippen molar-refractivity contribution in [2.75, 3.05) is 96.1 Å². The summed E-state index contributed by atoms with van der Waals surface area (Å²) in [6.45, 7) is 4.76. The van der Waals surface area contributed by atoms with Gasteiger partial charge in [0.2, 0.25) is 66.3 Å². The number of nitrogens with one attached hydrogen (secondary N) is 3. The molecule has 41 nitrogen and oxygen atoms in total. The number of ketones is 2. The van der Waals surface area contributed by atoms with E-state index in [0.29, 0.717) is 75.8 Å². The number of nitriles is 2. The number of pyridine rings is 2. The number of hydrogen-bond acceptors (Lipinski definition) is 34. The van der Waals surface area contributed by atoms with Crippen LogP contribution in [0.2, 0.25) is 0 Å². The number of carboxylic acids is 1. The highest BCUT2D eigenvalue weighted by molar-refractivity contribution is 8.00. The van der Waals surface area contributed by atoms with E-state index in [2.05, 4.69) is 25.9 Å². The summed E-state index contributed by atoms with van der Waals surface area (Å²) in [4.78, 5) is 172. The fourth-order valence-electron chi connectivity index (χ4n) is 18.3. The Hall–Kier alpha value is -11.1. The van der Waals surface area contributed by atoms with Crippen LogP contribution in [0.25, 0.3) is 0 Å². The minimum absolute atomic E-state index is 0. The van der Waals surface area contributed by atoms with Gasteiger partial charge in [0.25, 0.3) is 0 Å². The van der Waals surface area contributed by atoms with Crippen molar-refractivity contribution < 1.29 is 141 Å². The van der Waals surface area contributed by atoms with Crippen LogP contribution in [-0.4, -0.2) is 295 Å². The number of nitrogens with two attached hydrogens (primary N) is 2. The van der Waals surface area contributed by atoms with E-state index in [4.69, 9.17) is 54.7 Å². The minimum atomic E-state index is -1.60. The van der Waals surface area contributed by atoms with Gasteiger partial charge in [-0.1, -0.05) is 91.9 Å². The summed E-state index contributed by atoms with van der Waals surface area (Å²) in [5.74, 6) is -3.82. The zero-order valence-electron chi connectivity index (χ0n) is 85.0. The summed E-state index contributed by atoms with van der Waals surface area (Å²) in [6, 6.07) is 12.8. The minimum Gasteiger partial charge on any atom is -0.481 e. The Morgan fingerprint density at radius 3 is 1.24 bits per heavy atom. The number of aromatic nitrogens is 2. The van der Waals surface area contributed by atoms with Crippen molar-refractivity contribution in [2.24, 2.45) is 32.3 Å². The van der Waals surface area contributed by atoms with Gasteiger partial charge in [-0.05, 0) is 156 Å². The maximum absolute atomic E-state index is 13.4. The third-order valence-corrected chi connectivity index (χ3v) is 27.1. The van der Waals surface area contributed by atoms with E-state index in [1.54, 1.807) is 53.8 Å². The number of aliphatic hydroxyl groups is 8. The average molecular weight is 2110 g/mol. The lowest BCUT2D eigenvalue weighted by Crippen LogP contribution is -2.54. The first kappa shape index (κ1) is 131. The number of nitrogens with zero attached hydrogens (tertiary/aromatic N) is 9. The van der Waals surface area contributed by atoms with Crippen LogP contribution in [0.3, 0.4) is 0 Å². The Morgan fingerprint density at radius 1 is 0.527 bits per heavy atom. The van der Waals surface area contributed by atoms with Crippen molar-refractivity contribution in [1.29, 1.82) is 10.5 Å². The molecule has 0 radical (unpaired) electrons.